The molecule has 1 aliphatic carbocycles. The van der Waals surface area contributed by atoms with E-state index in [2.05, 4.69) is 0 Å². The standard InChI is InChI=1S/C17H23F2O4P/c1-17-8-4-5-11(9-23-24(3,20)21-2)12(17)10-22-16-14(19)7-6-13(18)15(16)17/h6-7,11-12H,4-5,8-10H2,1-3H3/t11?,12-,17+,24+/m0/s1. The van der Waals surface area contributed by atoms with Gasteiger partial charge in [0.25, 0.3) is 0 Å². The fourth-order valence-electron chi connectivity index (χ4n) is 4.13. The van der Waals surface area contributed by atoms with E-state index in [9.17, 15) is 13.3 Å². The summed E-state index contributed by atoms with van der Waals surface area (Å²) in [7, 11) is -1.72. The van der Waals surface area contributed by atoms with E-state index in [0.29, 0.717) is 12.2 Å². The molecule has 1 fully saturated rings. The highest BCUT2D eigenvalue weighted by atomic mass is 31.2. The molecule has 0 radical (unpaired) electrons. The molecule has 1 aromatic carbocycles. The molecule has 7 heteroatoms. The predicted molar refractivity (Wildman–Crippen MR) is 86.5 cm³/mol. The van der Waals surface area contributed by atoms with Gasteiger partial charge in [-0.25, -0.2) is 8.78 Å². The van der Waals surface area contributed by atoms with Crippen LogP contribution in [0.15, 0.2) is 12.1 Å². The molecule has 1 heterocycles. The van der Waals surface area contributed by atoms with Crippen LogP contribution in [0.1, 0.15) is 31.7 Å². The minimum Gasteiger partial charge on any atom is -0.490 e. The molecule has 134 valence electrons. The fourth-order valence-corrected chi connectivity index (χ4v) is 4.70. The first-order chi connectivity index (χ1) is 11.3. The lowest BCUT2D eigenvalue weighted by Crippen LogP contribution is -2.48. The smallest absolute Gasteiger partial charge is 0.327 e. The van der Waals surface area contributed by atoms with Gasteiger partial charge in [-0.15, -0.1) is 0 Å². The Morgan fingerprint density at radius 1 is 1.38 bits per heavy atom. The van der Waals surface area contributed by atoms with E-state index in [1.165, 1.54) is 13.8 Å². The van der Waals surface area contributed by atoms with Gasteiger partial charge in [0.2, 0.25) is 0 Å². The van der Waals surface area contributed by atoms with Gasteiger partial charge in [-0.1, -0.05) is 13.3 Å². The van der Waals surface area contributed by atoms with E-state index in [0.717, 1.165) is 31.4 Å². The maximum absolute atomic E-state index is 14.5. The summed E-state index contributed by atoms with van der Waals surface area (Å²) in [4.78, 5) is 0. The molecule has 0 bridgehead atoms. The van der Waals surface area contributed by atoms with Crippen LogP contribution in [-0.4, -0.2) is 27.0 Å². The Hall–Kier alpha value is -0.970. The number of halogens is 2. The van der Waals surface area contributed by atoms with Crippen LogP contribution in [0.4, 0.5) is 8.78 Å². The van der Waals surface area contributed by atoms with Crippen LogP contribution < -0.4 is 4.74 Å². The monoisotopic (exact) mass is 360 g/mol. The summed E-state index contributed by atoms with van der Waals surface area (Å²) < 4.78 is 56.4. The highest BCUT2D eigenvalue weighted by Gasteiger charge is 2.50. The average molecular weight is 360 g/mol. The van der Waals surface area contributed by atoms with Crippen molar-refractivity contribution in [2.24, 2.45) is 11.8 Å². The first-order valence-corrected chi connectivity index (χ1v) is 10.2. The Kier molecular flexibility index (Phi) is 4.75. The van der Waals surface area contributed by atoms with Gasteiger partial charge >= 0.3 is 7.60 Å². The summed E-state index contributed by atoms with van der Waals surface area (Å²) in [5, 5.41) is 0. The van der Waals surface area contributed by atoms with Crippen LogP contribution in [0, 0.1) is 23.5 Å². The molecule has 4 nitrogen and oxygen atoms in total. The third-order valence-electron chi connectivity index (χ3n) is 5.55. The third kappa shape index (κ3) is 3.00. The van der Waals surface area contributed by atoms with Crippen LogP contribution >= 0.6 is 7.60 Å². The summed E-state index contributed by atoms with van der Waals surface area (Å²) in [5.41, 5.74) is -0.188. The second-order valence-electron chi connectivity index (χ2n) is 6.97. The van der Waals surface area contributed by atoms with Crippen LogP contribution in [-0.2, 0) is 19.0 Å². The van der Waals surface area contributed by atoms with Crippen molar-refractivity contribution in [2.45, 2.75) is 31.6 Å². The number of rotatable bonds is 4. The Bertz CT molecular complexity index is 681. The van der Waals surface area contributed by atoms with E-state index < -0.39 is 24.6 Å². The van der Waals surface area contributed by atoms with Crippen molar-refractivity contribution in [3.8, 4) is 5.75 Å². The van der Waals surface area contributed by atoms with Crippen molar-refractivity contribution in [1.82, 2.24) is 0 Å². The summed E-state index contributed by atoms with van der Waals surface area (Å²) in [6, 6.07) is 2.27. The fraction of sp³-hybridized carbons (Fsp3) is 0.647. The molecule has 24 heavy (non-hydrogen) atoms. The van der Waals surface area contributed by atoms with Crippen LogP contribution in [0.5, 0.6) is 5.75 Å². The Balaban J connectivity index is 1.91. The van der Waals surface area contributed by atoms with Gasteiger partial charge in [-0.2, -0.15) is 0 Å². The molecule has 0 amide bonds. The predicted octanol–water partition coefficient (Wildman–Crippen LogP) is 4.52. The molecule has 1 unspecified atom stereocenters. The minimum absolute atomic E-state index is 0.0214. The second kappa shape index (κ2) is 6.40. The van der Waals surface area contributed by atoms with Crippen molar-refractivity contribution in [3.05, 3.63) is 29.3 Å². The lowest BCUT2D eigenvalue weighted by Gasteiger charge is -2.49. The van der Waals surface area contributed by atoms with Crippen molar-refractivity contribution >= 4 is 7.60 Å². The molecule has 3 rings (SSSR count). The number of hydrogen-bond donors (Lipinski definition) is 0. The zero-order valence-corrected chi connectivity index (χ0v) is 15.1. The zero-order valence-electron chi connectivity index (χ0n) is 14.2. The third-order valence-corrected chi connectivity index (χ3v) is 6.83. The van der Waals surface area contributed by atoms with Gasteiger partial charge in [-0.3, -0.25) is 4.57 Å². The molecule has 1 saturated carbocycles. The zero-order chi connectivity index (χ0) is 17.5. The first kappa shape index (κ1) is 17.8. The van der Waals surface area contributed by atoms with Gasteiger partial charge in [0.05, 0.1) is 13.2 Å². The molecule has 0 saturated heterocycles. The van der Waals surface area contributed by atoms with Crippen molar-refractivity contribution in [2.75, 3.05) is 27.0 Å². The average Bonchev–Trinajstić information content (AvgIpc) is 2.55. The molecular formula is C17H23F2O4P. The van der Waals surface area contributed by atoms with Crippen molar-refractivity contribution in [3.63, 3.8) is 0 Å². The molecule has 0 N–H and O–H groups in total. The van der Waals surface area contributed by atoms with Crippen LogP contribution in [0.2, 0.25) is 0 Å². The minimum atomic E-state index is -3.07. The van der Waals surface area contributed by atoms with Gasteiger partial charge in [0, 0.05) is 30.7 Å². The Morgan fingerprint density at radius 2 is 2.08 bits per heavy atom. The molecule has 1 aromatic rings. The summed E-state index contributed by atoms with van der Waals surface area (Å²) in [5.74, 6) is -0.886. The van der Waals surface area contributed by atoms with Gasteiger partial charge in [0.1, 0.15) is 5.82 Å². The summed E-state index contributed by atoms with van der Waals surface area (Å²) in [6.45, 7) is 3.96. The van der Waals surface area contributed by atoms with Gasteiger partial charge in [0.15, 0.2) is 11.6 Å². The quantitative estimate of drug-likeness (QED) is 0.741. The number of ether oxygens (including phenoxy) is 1. The highest BCUT2D eigenvalue weighted by Crippen LogP contribution is 2.54. The maximum atomic E-state index is 14.5. The van der Waals surface area contributed by atoms with Crippen molar-refractivity contribution < 1.29 is 27.1 Å². The number of hydrogen-bond acceptors (Lipinski definition) is 4. The molecule has 1 aliphatic heterocycles. The van der Waals surface area contributed by atoms with Crippen LogP contribution in [0.3, 0.4) is 0 Å². The van der Waals surface area contributed by atoms with E-state index in [1.54, 1.807) is 0 Å². The topological polar surface area (TPSA) is 44.8 Å². The van der Waals surface area contributed by atoms with Crippen LogP contribution in [0.25, 0.3) is 0 Å². The van der Waals surface area contributed by atoms with Gasteiger partial charge < -0.3 is 13.8 Å². The molecule has 4 atom stereocenters. The number of fused-ring (bicyclic) bond motifs is 3. The lowest BCUT2D eigenvalue weighted by atomic mass is 9.59. The normalized spacial score (nSPS) is 31.5. The first-order valence-electron chi connectivity index (χ1n) is 8.17. The molecule has 0 spiro atoms. The van der Waals surface area contributed by atoms with E-state index in [4.69, 9.17) is 13.8 Å². The van der Waals surface area contributed by atoms with E-state index in [1.807, 2.05) is 6.92 Å². The molecule has 2 aliphatic rings. The van der Waals surface area contributed by atoms with Gasteiger partial charge in [-0.05, 0) is 30.9 Å². The SMILES string of the molecule is CO[P@@](C)(=O)OCC1CCC[C@@]2(C)c3c(F)ccc(F)c3OC[C@@H]12. The summed E-state index contributed by atoms with van der Waals surface area (Å²) in [6.07, 6.45) is 2.51. The lowest BCUT2D eigenvalue weighted by molar-refractivity contribution is 0.0198. The highest BCUT2D eigenvalue weighted by molar-refractivity contribution is 7.52. The Morgan fingerprint density at radius 3 is 2.79 bits per heavy atom. The maximum Gasteiger partial charge on any atom is 0.327 e. The Labute approximate surface area is 141 Å². The molecular weight excluding hydrogens is 337 g/mol. The number of benzene rings is 1. The molecule has 0 aromatic heterocycles. The second-order valence-corrected chi connectivity index (χ2v) is 9.14. The van der Waals surface area contributed by atoms with Crippen molar-refractivity contribution in [1.29, 1.82) is 0 Å². The van der Waals surface area contributed by atoms with E-state index >= 15 is 0 Å². The largest absolute Gasteiger partial charge is 0.490 e. The summed E-state index contributed by atoms with van der Waals surface area (Å²) >= 11 is 0. The van der Waals surface area contributed by atoms with E-state index in [-0.39, 0.29) is 24.2 Å².